The molecule has 0 saturated heterocycles. The summed E-state index contributed by atoms with van der Waals surface area (Å²) >= 11 is 0. The minimum atomic E-state index is -1.22. The molecule has 0 radical (unpaired) electrons. The van der Waals surface area contributed by atoms with Crippen LogP contribution < -0.4 is 21.2 Å². The molecule has 93 heavy (non-hydrogen) atoms. The molecule has 0 saturated carbocycles. The van der Waals surface area contributed by atoms with Crippen LogP contribution in [0.1, 0.15) is 70.6 Å². The highest BCUT2D eigenvalue weighted by Gasteiger charge is 2.54. The highest BCUT2D eigenvalue weighted by molar-refractivity contribution is 6.18. The summed E-state index contributed by atoms with van der Waals surface area (Å²) in [5.74, 6) is -2.18. The Kier molecular flexibility index (Phi) is 15.9. The Bertz CT molecular complexity index is 5320. The second-order valence-electron chi connectivity index (χ2n) is 21.5. The van der Waals surface area contributed by atoms with E-state index < -0.39 is 35.0 Å². The fraction of sp³-hybridized carbons (Fsp3) is 0.0400. The Hall–Kier alpha value is -13.0. The maximum absolute atomic E-state index is 12.8. The number of methoxy groups -OCH3 is 1. The van der Waals surface area contributed by atoms with Gasteiger partial charge in [0.1, 0.15) is 51.4 Å². The van der Waals surface area contributed by atoms with Crippen molar-refractivity contribution in [3.8, 4) is 51.4 Å². The third kappa shape index (κ3) is 11.1. The van der Waals surface area contributed by atoms with Crippen LogP contribution in [0.25, 0.3) is 65.4 Å². The maximum Gasteiger partial charge on any atom is 0.340 e. The first-order chi connectivity index (χ1) is 44.9. The van der Waals surface area contributed by atoms with Crippen molar-refractivity contribution in [1.82, 2.24) is 0 Å². The summed E-state index contributed by atoms with van der Waals surface area (Å²) in [5, 5.41) is 66.2. The third-order valence-corrected chi connectivity index (χ3v) is 15.8. The molecule has 12 aromatic carbocycles. The van der Waals surface area contributed by atoms with E-state index >= 15 is 0 Å². The Morgan fingerprint density at radius 3 is 1.84 bits per heavy atom. The molecule has 458 valence electrons. The average molecular weight is 1240 g/mol. The van der Waals surface area contributed by atoms with Crippen LogP contribution in [0.15, 0.2) is 234 Å². The number of nitrogen functional groups attached to an aromatic ring is 1. The lowest BCUT2D eigenvalue weighted by Crippen LogP contribution is -2.33. The Morgan fingerprint density at radius 1 is 0.516 bits per heavy atom. The zero-order valence-corrected chi connectivity index (χ0v) is 49.2. The first-order valence-electron chi connectivity index (χ1n) is 28.7. The Morgan fingerprint density at radius 2 is 1.11 bits per heavy atom. The van der Waals surface area contributed by atoms with Gasteiger partial charge >= 0.3 is 17.9 Å². The molecule has 1 aromatic heterocycles. The molecule has 1 unspecified atom stereocenters. The minimum Gasteiger partial charge on any atom is -0.508 e. The Balaban J connectivity index is 0.000000124. The van der Waals surface area contributed by atoms with Gasteiger partial charge in [-0.05, 0) is 113 Å². The van der Waals surface area contributed by atoms with Gasteiger partial charge in [-0.1, -0.05) is 115 Å². The molecule has 18 nitrogen and oxygen atoms in total. The number of nitrogens with one attached hydrogen (secondary N) is 1. The highest BCUT2D eigenvalue weighted by atomic mass is 16.6. The lowest BCUT2D eigenvalue weighted by Gasteiger charge is -2.37. The zero-order valence-electron chi connectivity index (χ0n) is 49.2. The number of aromatic carboxylic acids is 1. The quantitative estimate of drug-likeness (QED) is 0.0252. The average Bonchev–Trinajstić information content (AvgIpc) is 1.64. The number of phenols is 5. The summed E-state index contributed by atoms with van der Waals surface area (Å²) in [7, 11) is 1.34. The maximum atomic E-state index is 12.8. The van der Waals surface area contributed by atoms with Crippen molar-refractivity contribution in [3.05, 3.63) is 279 Å². The van der Waals surface area contributed by atoms with Crippen LogP contribution in [-0.4, -0.2) is 67.3 Å². The monoisotopic (exact) mass is 1240 g/mol. The van der Waals surface area contributed by atoms with E-state index in [2.05, 4.69) is 5.32 Å². The second kappa shape index (κ2) is 24.5. The fourth-order valence-corrected chi connectivity index (χ4v) is 11.8. The van der Waals surface area contributed by atoms with Crippen LogP contribution in [0.3, 0.4) is 0 Å². The number of carboxylic acids is 1. The van der Waals surface area contributed by atoms with Gasteiger partial charge in [0.25, 0.3) is 0 Å². The molecule has 2 aliphatic rings. The minimum absolute atomic E-state index is 0.0176. The number of benzene rings is 12. The van der Waals surface area contributed by atoms with Gasteiger partial charge in [-0.25, -0.2) is 14.4 Å². The Labute approximate surface area is 527 Å². The van der Waals surface area contributed by atoms with Crippen LogP contribution >= 0.6 is 0 Å². The zero-order chi connectivity index (χ0) is 65.4. The molecule has 13 aromatic rings. The summed E-state index contributed by atoms with van der Waals surface area (Å²) in [5.41, 5.74) is 11.2. The molecule has 1 spiro atoms. The largest absolute Gasteiger partial charge is 0.508 e. The van der Waals surface area contributed by atoms with Crippen LogP contribution in [0.5, 0.6) is 40.2 Å². The number of carbonyl (C=O) groups is 5. The van der Waals surface area contributed by atoms with Gasteiger partial charge in [0.2, 0.25) is 5.91 Å². The molecule has 0 aliphatic carbocycles. The van der Waals surface area contributed by atoms with Crippen molar-refractivity contribution < 1.29 is 73.2 Å². The molecule has 0 fully saturated rings. The number of amides is 1. The first kappa shape index (κ1) is 60.3. The molecule has 18 heteroatoms. The SMILES string of the molecule is CC(=O)Nc1cccc2cccc(O)c12.COC(=O)c1ccccc1-c1c2ccc(O)cc2oc2c1ccc1cccc(=O)c12.Nc1cccc2ccc3c(c12)Oc1cc(O)ccc1C31OC(=O)c2ccccc21.O=C(O)c1ccccc1C(=O)c1ccc(O)cc1O. The molecule has 1 atom stereocenters. The third-order valence-electron chi connectivity index (χ3n) is 15.8. The number of carbonyl (C=O) groups excluding carboxylic acids is 4. The normalized spacial score (nSPS) is 13.2. The smallest absolute Gasteiger partial charge is 0.340 e. The summed E-state index contributed by atoms with van der Waals surface area (Å²) in [6.07, 6.45) is 0. The lowest BCUT2D eigenvalue weighted by atomic mass is 9.77. The number of ether oxygens (including phenoxy) is 3. The van der Waals surface area contributed by atoms with Crippen molar-refractivity contribution in [2.75, 3.05) is 18.2 Å². The summed E-state index contributed by atoms with van der Waals surface area (Å²) < 4.78 is 23.5. The number of carboxylic acid groups (broad SMARTS) is 1. The molecule has 9 N–H and O–H groups in total. The van der Waals surface area contributed by atoms with Gasteiger partial charge in [0.05, 0.1) is 40.4 Å². The highest BCUT2D eigenvalue weighted by Crippen LogP contribution is 2.58. The molecule has 1 amide bonds. The van der Waals surface area contributed by atoms with Crippen molar-refractivity contribution in [1.29, 1.82) is 0 Å². The van der Waals surface area contributed by atoms with Gasteiger partial charge in [0, 0.05) is 80.2 Å². The number of anilines is 2. The summed E-state index contributed by atoms with van der Waals surface area (Å²) in [4.78, 5) is 72.2. The second-order valence-corrected chi connectivity index (χ2v) is 21.5. The van der Waals surface area contributed by atoms with E-state index in [1.54, 1.807) is 66.7 Å². The van der Waals surface area contributed by atoms with Crippen molar-refractivity contribution in [2.45, 2.75) is 12.5 Å². The van der Waals surface area contributed by atoms with E-state index in [0.29, 0.717) is 83.4 Å². The predicted octanol–water partition coefficient (Wildman–Crippen LogP) is 14.5. The molecule has 3 heterocycles. The summed E-state index contributed by atoms with van der Waals surface area (Å²) in [6.45, 7) is 1.44. The van der Waals surface area contributed by atoms with Gasteiger partial charge in [-0.2, -0.15) is 0 Å². The van der Waals surface area contributed by atoms with E-state index in [4.69, 9.17) is 34.6 Å². The van der Waals surface area contributed by atoms with E-state index in [0.717, 1.165) is 38.7 Å². The molecule has 2 aliphatic heterocycles. The van der Waals surface area contributed by atoms with Gasteiger partial charge in [-0.3, -0.25) is 14.4 Å². The van der Waals surface area contributed by atoms with Crippen LogP contribution in [0, 0.1) is 0 Å². The van der Waals surface area contributed by atoms with Gasteiger partial charge in [0.15, 0.2) is 16.8 Å². The number of hydrogen-bond donors (Lipinski definition) is 8. The predicted molar refractivity (Wildman–Crippen MR) is 351 cm³/mol. The number of phenolic OH excluding ortho intramolecular Hbond substituents is 5. The van der Waals surface area contributed by atoms with Crippen molar-refractivity contribution >= 4 is 95.2 Å². The number of aromatic hydroxyl groups is 5. The van der Waals surface area contributed by atoms with E-state index in [1.807, 2.05) is 97.1 Å². The van der Waals surface area contributed by atoms with Crippen LogP contribution in [0.2, 0.25) is 0 Å². The number of nitrogens with two attached hydrogens (primary N) is 1. The van der Waals surface area contributed by atoms with E-state index in [-0.39, 0.29) is 51.0 Å². The fourth-order valence-electron chi connectivity index (χ4n) is 11.8. The van der Waals surface area contributed by atoms with E-state index in [9.17, 15) is 49.2 Å². The van der Waals surface area contributed by atoms with Gasteiger partial charge in [-0.15, -0.1) is 0 Å². The molecule has 15 rings (SSSR count). The molecular weight excluding hydrogens is 1180 g/mol. The number of fused-ring (bicyclic) bond motifs is 13. The number of esters is 2. The number of ketones is 1. The molecule has 0 bridgehead atoms. The number of hydrogen-bond acceptors (Lipinski definition) is 16. The van der Waals surface area contributed by atoms with Crippen LogP contribution in [-0.2, 0) is 19.9 Å². The van der Waals surface area contributed by atoms with Crippen molar-refractivity contribution in [2.24, 2.45) is 0 Å². The van der Waals surface area contributed by atoms with Crippen LogP contribution in [0.4, 0.5) is 11.4 Å². The van der Waals surface area contributed by atoms with Crippen molar-refractivity contribution in [3.63, 3.8) is 0 Å². The molecular formula is C75H52N2O16. The lowest BCUT2D eigenvalue weighted by molar-refractivity contribution is -0.114. The summed E-state index contributed by atoms with van der Waals surface area (Å²) in [6, 6.07) is 62.5. The van der Waals surface area contributed by atoms with E-state index in [1.165, 1.54) is 68.6 Å². The standard InChI is InChI=1S/C25H16O5.C24H15NO4.C14H10O5.C12H11NO2/c1-29-25(28)17-7-3-2-6-16(17)23-18-12-10-15(26)13-21(18)30-24-19(23)11-9-14-5-4-8-20(27)22(14)24;25-19-7-3-4-13-8-10-18-22(21(13)19)28-20-12-14(26)9-11-17(20)24(18)16-6-2-1-5-15(16)23(27)29-24;15-8-5-6-11(12(16)7-8)13(17)9-3-1-2-4-10(9)14(18)19;1-8(14)13-10-6-2-4-9-5-3-7-11(15)12(9)10/h2-13,26H,1H3;1-12,26H,25H2;1-7,15-16H,(H,18,19);2-7,15H,1H3,(H,13,14). The topological polar surface area (TPSA) is 303 Å². The first-order valence-corrected chi connectivity index (χ1v) is 28.7. The number of rotatable bonds is 6. The van der Waals surface area contributed by atoms with Gasteiger partial charge < -0.3 is 60.3 Å².